The third kappa shape index (κ3) is 3.45. The molecule has 104 valence electrons. The van der Waals surface area contributed by atoms with Gasteiger partial charge in [0.05, 0.1) is 6.04 Å². The van der Waals surface area contributed by atoms with Gasteiger partial charge in [-0.05, 0) is 44.7 Å². The number of carbonyl (C=O) groups is 1. The van der Waals surface area contributed by atoms with Crippen molar-refractivity contribution in [1.29, 1.82) is 0 Å². The largest absolute Gasteiger partial charge is 0.352 e. The lowest BCUT2D eigenvalue weighted by atomic mass is 9.91. The second-order valence-electron chi connectivity index (χ2n) is 5.77. The van der Waals surface area contributed by atoms with Gasteiger partial charge in [0.2, 0.25) is 5.91 Å². The third-order valence-corrected chi connectivity index (χ3v) is 4.43. The first-order chi connectivity index (χ1) is 8.70. The second kappa shape index (κ2) is 6.53. The maximum Gasteiger partial charge on any atom is 0.237 e. The summed E-state index contributed by atoms with van der Waals surface area (Å²) in [6.07, 6.45) is 4.56. The lowest BCUT2D eigenvalue weighted by molar-refractivity contribution is -0.125. The molecule has 0 aromatic heterocycles. The molecule has 2 N–H and O–H groups in total. The molecule has 2 rings (SSSR count). The van der Waals surface area contributed by atoms with Gasteiger partial charge in [-0.3, -0.25) is 4.79 Å². The highest BCUT2D eigenvalue weighted by atomic mass is 16.2. The van der Waals surface area contributed by atoms with Crippen molar-refractivity contribution in [3.8, 4) is 0 Å². The first kappa shape index (κ1) is 13.8. The van der Waals surface area contributed by atoms with Crippen LogP contribution in [0, 0.1) is 5.92 Å². The van der Waals surface area contributed by atoms with Crippen molar-refractivity contribution in [2.75, 3.05) is 26.2 Å². The van der Waals surface area contributed by atoms with E-state index in [1.165, 1.54) is 12.8 Å². The van der Waals surface area contributed by atoms with Crippen LogP contribution in [0.5, 0.6) is 0 Å². The number of nitrogens with one attached hydrogen (secondary N) is 2. The zero-order valence-corrected chi connectivity index (χ0v) is 11.7. The summed E-state index contributed by atoms with van der Waals surface area (Å²) in [5.41, 5.74) is 0. The Bertz CT molecular complexity index is 274. The summed E-state index contributed by atoms with van der Waals surface area (Å²) < 4.78 is 0. The zero-order chi connectivity index (χ0) is 13.0. The maximum absolute atomic E-state index is 12.2. The maximum atomic E-state index is 12.2. The van der Waals surface area contributed by atoms with Gasteiger partial charge in [0, 0.05) is 19.1 Å². The molecule has 2 aliphatic heterocycles. The smallest absolute Gasteiger partial charge is 0.237 e. The average Bonchev–Trinajstić information content (AvgIpc) is 2.40. The second-order valence-corrected chi connectivity index (χ2v) is 5.77. The summed E-state index contributed by atoms with van der Waals surface area (Å²) in [4.78, 5) is 14.7. The van der Waals surface area contributed by atoms with Gasteiger partial charge in [-0.1, -0.05) is 13.8 Å². The molecule has 0 aromatic carbocycles. The molecule has 4 nitrogen and oxygen atoms in total. The molecule has 2 aliphatic rings. The van der Waals surface area contributed by atoms with Crippen molar-refractivity contribution in [1.82, 2.24) is 15.5 Å². The van der Waals surface area contributed by atoms with Crippen molar-refractivity contribution in [2.45, 2.75) is 51.6 Å². The number of hydrogen-bond acceptors (Lipinski definition) is 3. The summed E-state index contributed by atoms with van der Waals surface area (Å²) in [5, 5.41) is 6.59. The molecule has 4 heteroatoms. The molecule has 2 saturated heterocycles. The number of carbonyl (C=O) groups excluding carboxylic acids is 1. The third-order valence-electron chi connectivity index (χ3n) is 4.43. The molecule has 0 saturated carbocycles. The standard InChI is InChI=1S/C14H27N3O/c1-3-17-9-6-12(7-10-17)16-14(18)13-11(2)5-4-8-15-13/h11-13,15H,3-10H2,1-2H3,(H,16,18). The topological polar surface area (TPSA) is 44.4 Å². The Kier molecular flexibility index (Phi) is 5.01. The summed E-state index contributed by atoms with van der Waals surface area (Å²) in [6, 6.07) is 0.416. The summed E-state index contributed by atoms with van der Waals surface area (Å²) >= 11 is 0. The number of nitrogens with zero attached hydrogens (tertiary/aromatic N) is 1. The van der Waals surface area contributed by atoms with Crippen LogP contribution in [0.15, 0.2) is 0 Å². The van der Waals surface area contributed by atoms with Gasteiger partial charge in [-0.2, -0.15) is 0 Å². The SMILES string of the molecule is CCN1CCC(NC(=O)C2NCCCC2C)CC1. The molecule has 0 aliphatic carbocycles. The van der Waals surface area contributed by atoms with E-state index in [2.05, 4.69) is 29.4 Å². The number of amides is 1. The van der Waals surface area contributed by atoms with E-state index in [1.54, 1.807) is 0 Å². The molecule has 2 unspecified atom stereocenters. The van der Waals surface area contributed by atoms with Gasteiger partial charge in [0.25, 0.3) is 0 Å². The number of likely N-dealkylation sites (tertiary alicyclic amines) is 1. The zero-order valence-electron chi connectivity index (χ0n) is 11.7. The molecule has 2 heterocycles. The Morgan fingerprint density at radius 2 is 2.06 bits per heavy atom. The lowest BCUT2D eigenvalue weighted by Gasteiger charge is -2.34. The van der Waals surface area contributed by atoms with Crippen molar-refractivity contribution >= 4 is 5.91 Å². The van der Waals surface area contributed by atoms with E-state index in [4.69, 9.17) is 0 Å². The fourth-order valence-corrected chi connectivity index (χ4v) is 3.09. The Morgan fingerprint density at radius 3 is 2.67 bits per heavy atom. The van der Waals surface area contributed by atoms with Crippen LogP contribution in [0.25, 0.3) is 0 Å². The van der Waals surface area contributed by atoms with Gasteiger partial charge in [-0.15, -0.1) is 0 Å². The monoisotopic (exact) mass is 253 g/mol. The minimum Gasteiger partial charge on any atom is -0.352 e. The lowest BCUT2D eigenvalue weighted by Crippen LogP contribution is -2.54. The van der Waals surface area contributed by atoms with Gasteiger partial charge in [-0.25, -0.2) is 0 Å². The van der Waals surface area contributed by atoms with Gasteiger partial charge < -0.3 is 15.5 Å². The van der Waals surface area contributed by atoms with Crippen LogP contribution in [0.2, 0.25) is 0 Å². The number of hydrogen-bond donors (Lipinski definition) is 2. The van der Waals surface area contributed by atoms with E-state index in [0.29, 0.717) is 12.0 Å². The van der Waals surface area contributed by atoms with Crippen molar-refractivity contribution in [3.05, 3.63) is 0 Å². The molecule has 2 fully saturated rings. The van der Waals surface area contributed by atoms with Gasteiger partial charge >= 0.3 is 0 Å². The quantitative estimate of drug-likeness (QED) is 0.788. The van der Waals surface area contributed by atoms with Gasteiger partial charge in [0.1, 0.15) is 0 Å². The Hall–Kier alpha value is -0.610. The minimum absolute atomic E-state index is 0.0305. The van der Waals surface area contributed by atoms with E-state index >= 15 is 0 Å². The van der Waals surface area contributed by atoms with E-state index in [-0.39, 0.29) is 11.9 Å². The molecule has 0 aromatic rings. The Morgan fingerprint density at radius 1 is 1.33 bits per heavy atom. The minimum atomic E-state index is 0.0305. The van der Waals surface area contributed by atoms with Crippen LogP contribution in [0.3, 0.4) is 0 Å². The fourth-order valence-electron chi connectivity index (χ4n) is 3.09. The van der Waals surface area contributed by atoms with Crippen molar-refractivity contribution in [3.63, 3.8) is 0 Å². The molecule has 18 heavy (non-hydrogen) atoms. The van der Waals surface area contributed by atoms with E-state index in [9.17, 15) is 4.79 Å². The molecule has 1 amide bonds. The highest BCUT2D eigenvalue weighted by Gasteiger charge is 2.29. The van der Waals surface area contributed by atoms with Crippen LogP contribution in [-0.2, 0) is 4.79 Å². The highest BCUT2D eigenvalue weighted by molar-refractivity contribution is 5.82. The van der Waals surface area contributed by atoms with Crippen LogP contribution in [-0.4, -0.2) is 49.1 Å². The Labute approximate surface area is 110 Å². The fraction of sp³-hybridized carbons (Fsp3) is 0.929. The first-order valence-corrected chi connectivity index (χ1v) is 7.46. The van der Waals surface area contributed by atoms with Crippen LogP contribution in [0.1, 0.15) is 39.5 Å². The molecular formula is C14H27N3O. The molecule has 2 atom stereocenters. The van der Waals surface area contributed by atoms with Crippen LogP contribution >= 0.6 is 0 Å². The number of rotatable bonds is 3. The summed E-state index contributed by atoms with van der Waals surface area (Å²) in [6.45, 7) is 8.73. The van der Waals surface area contributed by atoms with Crippen LogP contribution in [0.4, 0.5) is 0 Å². The number of piperidine rings is 2. The van der Waals surface area contributed by atoms with Crippen molar-refractivity contribution < 1.29 is 4.79 Å². The molecular weight excluding hydrogens is 226 g/mol. The highest BCUT2D eigenvalue weighted by Crippen LogP contribution is 2.17. The van der Waals surface area contributed by atoms with E-state index in [0.717, 1.165) is 39.0 Å². The molecule has 0 spiro atoms. The predicted molar refractivity (Wildman–Crippen MR) is 73.5 cm³/mol. The first-order valence-electron chi connectivity index (χ1n) is 7.46. The normalized spacial score (nSPS) is 31.2. The Balaban J connectivity index is 1.77. The summed E-state index contributed by atoms with van der Waals surface area (Å²) in [7, 11) is 0. The predicted octanol–water partition coefficient (Wildman–Crippen LogP) is 0.975. The molecule has 0 radical (unpaired) electrons. The van der Waals surface area contributed by atoms with Crippen LogP contribution < -0.4 is 10.6 Å². The van der Waals surface area contributed by atoms with Crippen molar-refractivity contribution in [2.24, 2.45) is 5.92 Å². The van der Waals surface area contributed by atoms with E-state index in [1.807, 2.05) is 0 Å². The van der Waals surface area contributed by atoms with E-state index < -0.39 is 0 Å². The molecule has 0 bridgehead atoms. The average molecular weight is 253 g/mol. The van der Waals surface area contributed by atoms with Gasteiger partial charge in [0.15, 0.2) is 0 Å². The summed E-state index contributed by atoms with van der Waals surface area (Å²) in [5.74, 6) is 0.687.